The van der Waals surface area contributed by atoms with Crippen molar-refractivity contribution in [3.8, 4) is 11.6 Å². The van der Waals surface area contributed by atoms with Crippen molar-refractivity contribution in [1.82, 2.24) is 19.4 Å². The Kier molecular flexibility index (Phi) is 4.14. The normalized spacial score (nSPS) is 10.7. The van der Waals surface area contributed by atoms with E-state index in [-0.39, 0.29) is 23.2 Å². The number of nitroso groups, excluding NO2 is 1. The Bertz CT molecular complexity index is 983. The maximum Gasteiger partial charge on any atom is 0.270 e. The fraction of sp³-hybridized carbons (Fsp3) is 0.188. The summed E-state index contributed by atoms with van der Waals surface area (Å²) in [7, 11) is 4.98. The second kappa shape index (κ2) is 6.27. The molecular weight excluding hydrogens is 329 g/mol. The zero-order chi connectivity index (χ0) is 18.1. The van der Waals surface area contributed by atoms with Crippen molar-refractivity contribution < 1.29 is 13.9 Å². The molecule has 0 N–H and O–H groups in total. The van der Waals surface area contributed by atoms with Gasteiger partial charge in [0.15, 0.2) is 11.6 Å². The van der Waals surface area contributed by atoms with Crippen molar-refractivity contribution in [2.24, 2.45) is 12.2 Å². The highest BCUT2D eigenvalue weighted by Gasteiger charge is 2.19. The number of aromatic nitrogens is 3. The van der Waals surface area contributed by atoms with Gasteiger partial charge < -0.3 is 14.2 Å². The van der Waals surface area contributed by atoms with Crippen LogP contribution in [-0.4, -0.2) is 39.4 Å². The lowest BCUT2D eigenvalue weighted by atomic mass is 10.3. The van der Waals surface area contributed by atoms with E-state index in [0.717, 1.165) is 6.07 Å². The van der Waals surface area contributed by atoms with Gasteiger partial charge in [-0.1, -0.05) is 0 Å². The number of benzene rings is 1. The van der Waals surface area contributed by atoms with Crippen molar-refractivity contribution in [2.75, 3.05) is 14.1 Å². The fourth-order valence-corrected chi connectivity index (χ4v) is 2.36. The first-order valence-electron chi connectivity index (χ1n) is 7.25. The number of hydrogen-bond donors (Lipinski definition) is 0. The molecule has 0 fully saturated rings. The lowest BCUT2D eigenvalue weighted by Gasteiger charge is -2.10. The summed E-state index contributed by atoms with van der Waals surface area (Å²) in [4.78, 5) is 32.3. The van der Waals surface area contributed by atoms with Gasteiger partial charge in [-0.2, -0.15) is 0 Å². The van der Waals surface area contributed by atoms with E-state index in [9.17, 15) is 14.1 Å². The van der Waals surface area contributed by atoms with Crippen LogP contribution in [0.15, 0.2) is 35.8 Å². The Hall–Kier alpha value is -3.36. The summed E-state index contributed by atoms with van der Waals surface area (Å²) in [5.41, 5.74) is 0.823. The van der Waals surface area contributed by atoms with Gasteiger partial charge >= 0.3 is 0 Å². The third kappa shape index (κ3) is 2.91. The van der Waals surface area contributed by atoms with Crippen LogP contribution < -0.4 is 4.74 Å². The number of ether oxygens (including phenoxy) is 1. The van der Waals surface area contributed by atoms with E-state index < -0.39 is 5.82 Å². The first-order valence-corrected chi connectivity index (χ1v) is 7.25. The number of aryl methyl sites for hydroxylation is 1. The molecule has 0 atom stereocenters. The van der Waals surface area contributed by atoms with Crippen LogP contribution in [0.5, 0.6) is 11.6 Å². The molecule has 0 aliphatic carbocycles. The molecule has 2 aromatic heterocycles. The average molecular weight is 343 g/mol. The summed E-state index contributed by atoms with van der Waals surface area (Å²) < 4.78 is 21.1. The van der Waals surface area contributed by atoms with E-state index in [4.69, 9.17) is 4.74 Å². The van der Waals surface area contributed by atoms with Crippen molar-refractivity contribution in [3.05, 3.63) is 47.0 Å². The molecule has 8 nitrogen and oxygen atoms in total. The van der Waals surface area contributed by atoms with Crippen LogP contribution in [0.25, 0.3) is 11.0 Å². The number of rotatable bonds is 4. The van der Waals surface area contributed by atoms with Crippen molar-refractivity contribution >= 4 is 22.6 Å². The minimum Gasteiger partial charge on any atom is -0.435 e. The van der Waals surface area contributed by atoms with E-state index in [2.05, 4.69) is 15.1 Å². The summed E-state index contributed by atoms with van der Waals surface area (Å²) in [6, 6.07) is 5.17. The van der Waals surface area contributed by atoms with Gasteiger partial charge in [0.1, 0.15) is 23.4 Å². The van der Waals surface area contributed by atoms with Crippen LogP contribution in [-0.2, 0) is 7.05 Å². The van der Waals surface area contributed by atoms with Crippen LogP contribution >= 0.6 is 0 Å². The number of hydrogen-bond acceptors (Lipinski definition) is 6. The summed E-state index contributed by atoms with van der Waals surface area (Å²) in [6.07, 6.45) is 1.26. The molecule has 0 spiro atoms. The largest absolute Gasteiger partial charge is 0.435 e. The molecule has 3 rings (SSSR count). The predicted octanol–water partition coefficient (Wildman–Crippen LogP) is 3.00. The number of carbonyl (C=O) groups excluding carboxylic acids is 1. The van der Waals surface area contributed by atoms with Crippen molar-refractivity contribution in [1.29, 1.82) is 0 Å². The summed E-state index contributed by atoms with van der Waals surface area (Å²) >= 11 is 0. The van der Waals surface area contributed by atoms with Crippen molar-refractivity contribution in [3.63, 3.8) is 0 Å². The van der Waals surface area contributed by atoms with E-state index >= 15 is 0 Å². The quantitative estimate of drug-likeness (QED) is 0.679. The number of carbonyl (C=O) groups is 1. The molecule has 0 bridgehead atoms. The second-order valence-corrected chi connectivity index (χ2v) is 5.51. The average Bonchev–Trinajstić information content (AvgIpc) is 2.94. The molecule has 0 unspecified atom stereocenters. The van der Waals surface area contributed by atoms with E-state index in [1.807, 2.05) is 0 Å². The van der Waals surface area contributed by atoms with Crippen LogP contribution in [0.4, 0.5) is 10.1 Å². The van der Waals surface area contributed by atoms with Gasteiger partial charge in [0.05, 0.1) is 5.39 Å². The number of fused-ring (bicyclic) bond motifs is 1. The van der Waals surface area contributed by atoms with E-state index in [0.29, 0.717) is 16.7 Å². The molecule has 25 heavy (non-hydrogen) atoms. The minimum atomic E-state index is -0.746. The Morgan fingerprint density at radius 3 is 2.68 bits per heavy atom. The fourth-order valence-electron chi connectivity index (χ4n) is 2.36. The van der Waals surface area contributed by atoms with Crippen molar-refractivity contribution in [2.45, 2.75) is 0 Å². The molecule has 0 aliphatic heterocycles. The first kappa shape index (κ1) is 16.5. The Labute approximate surface area is 141 Å². The Balaban J connectivity index is 2.07. The van der Waals surface area contributed by atoms with E-state index in [1.54, 1.807) is 31.8 Å². The molecule has 128 valence electrons. The minimum absolute atomic E-state index is 0.0451. The zero-order valence-electron chi connectivity index (χ0n) is 13.7. The number of nitrogens with zero attached hydrogens (tertiary/aromatic N) is 5. The lowest BCUT2D eigenvalue weighted by molar-refractivity contribution is 0.0819. The predicted molar refractivity (Wildman–Crippen MR) is 88.5 cm³/mol. The topological polar surface area (TPSA) is 89.7 Å². The molecule has 0 aliphatic rings. The molecular formula is C16H14FN5O3. The van der Waals surface area contributed by atoms with Gasteiger partial charge in [-0.3, -0.25) is 4.79 Å². The highest BCUT2D eigenvalue weighted by Crippen LogP contribution is 2.31. The monoisotopic (exact) mass is 343 g/mol. The molecule has 3 aromatic rings. The number of amides is 1. The van der Waals surface area contributed by atoms with Gasteiger partial charge in [0.25, 0.3) is 5.91 Å². The molecule has 1 aromatic carbocycles. The van der Waals surface area contributed by atoms with Gasteiger partial charge in [-0.25, -0.2) is 14.4 Å². The molecule has 0 saturated heterocycles. The van der Waals surface area contributed by atoms with Crippen LogP contribution in [0.3, 0.4) is 0 Å². The van der Waals surface area contributed by atoms with Gasteiger partial charge in [-0.05, 0) is 23.4 Å². The standard InChI is InChI=1S/C16H14FN5O3/c1-21(2)16(23)12-7-10-14(22(12)3)18-8-19-15(10)25-13-5-4-9(20-24)6-11(13)17/h4-8H,1-3H3. The maximum atomic E-state index is 14.0. The molecule has 2 heterocycles. The van der Waals surface area contributed by atoms with Crippen LogP contribution in [0.1, 0.15) is 10.5 Å². The van der Waals surface area contributed by atoms with Crippen LogP contribution in [0.2, 0.25) is 0 Å². The Morgan fingerprint density at radius 1 is 1.28 bits per heavy atom. The summed E-state index contributed by atoms with van der Waals surface area (Å²) in [6.45, 7) is 0. The second-order valence-electron chi connectivity index (χ2n) is 5.51. The third-order valence-corrected chi connectivity index (χ3v) is 3.64. The smallest absolute Gasteiger partial charge is 0.270 e. The summed E-state index contributed by atoms with van der Waals surface area (Å²) in [5.74, 6) is -0.968. The van der Waals surface area contributed by atoms with Gasteiger partial charge in [0.2, 0.25) is 5.88 Å². The molecule has 9 heteroatoms. The number of halogens is 1. The Morgan fingerprint density at radius 2 is 2.04 bits per heavy atom. The third-order valence-electron chi connectivity index (χ3n) is 3.64. The SMILES string of the molecule is CN(C)C(=O)c1cc2c(Oc3ccc(N=O)cc3F)ncnc2n1C. The highest BCUT2D eigenvalue weighted by atomic mass is 19.1. The van der Waals surface area contributed by atoms with Gasteiger partial charge in [0, 0.05) is 27.2 Å². The lowest BCUT2D eigenvalue weighted by Crippen LogP contribution is -2.23. The maximum absolute atomic E-state index is 14.0. The first-order chi connectivity index (χ1) is 11.9. The molecule has 1 amide bonds. The van der Waals surface area contributed by atoms with Gasteiger partial charge in [-0.15, -0.1) is 4.91 Å². The highest BCUT2D eigenvalue weighted by molar-refractivity contribution is 5.98. The van der Waals surface area contributed by atoms with E-state index in [1.165, 1.54) is 23.4 Å². The summed E-state index contributed by atoms with van der Waals surface area (Å²) in [5, 5.41) is 3.13. The molecule has 0 radical (unpaired) electrons. The molecule has 0 saturated carbocycles. The zero-order valence-corrected chi connectivity index (χ0v) is 13.7. The van der Waals surface area contributed by atoms with Crippen LogP contribution in [0, 0.1) is 10.7 Å².